The van der Waals surface area contributed by atoms with E-state index in [1.807, 2.05) is 0 Å². The Morgan fingerprint density at radius 1 is 1.21 bits per heavy atom. The second-order valence-electron chi connectivity index (χ2n) is 7.31. The lowest BCUT2D eigenvalue weighted by molar-refractivity contribution is -0.213. The first kappa shape index (κ1) is 14.7. The van der Waals surface area contributed by atoms with Gasteiger partial charge in [0.1, 0.15) is 12.7 Å². The van der Waals surface area contributed by atoms with Crippen LogP contribution >= 0.6 is 0 Å². The van der Waals surface area contributed by atoms with Crippen molar-refractivity contribution in [2.24, 2.45) is 23.7 Å². The summed E-state index contributed by atoms with van der Waals surface area (Å²) in [5.41, 5.74) is 1.54. The molecule has 5 rings (SSSR count). The molecule has 6 heteroatoms. The molecule has 2 bridgehead atoms. The topological polar surface area (TPSA) is 74.4 Å². The van der Waals surface area contributed by atoms with Crippen LogP contribution in [0, 0.1) is 23.7 Å². The van der Waals surface area contributed by atoms with Crippen molar-refractivity contribution >= 4 is 11.9 Å². The molecule has 2 heterocycles. The summed E-state index contributed by atoms with van der Waals surface area (Å²) in [6.07, 6.45) is 6.30. The van der Waals surface area contributed by atoms with E-state index in [9.17, 15) is 9.59 Å². The lowest BCUT2D eigenvalue weighted by Gasteiger charge is -2.28. The van der Waals surface area contributed by atoms with Gasteiger partial charge in [-0.25, -0.2) is 9.59 Å². The lowest BCUT2D eigenvalue weighted by Crippen LogP contribution is -2.33. The van der Waals surface area contributed by atoms with Gasteiger partial charge in [0.25, 0.3) is 0 Å². The molecule has 6 unspecified atom stereocenters. The fraction of sp³-hybridized carbons (Fsp3) is 0.667. The Balaban J connectivity index is 1.22. The highest BCUT2D eigenvalue weighted by Crippen LogP contribution is 2.57. The monoisotopic (exact) mass is 332 g/mol. The van der Waals surface area contributed by atoms with E-state index in [1.165, 1.54) is 0 Å². The molecule has 0 radical (unpaired) electrons. The van der Waals surface area contributed by atoms with Gasteiger partial charge < -0.3 is 18.9 Å². The summed E-state index contributed by atoms with van der Waals surface area (Å²) in [5.74, 6) is 0.734. The molecule has 0 N–H and O–H groups in total. The van der Waals surface area contributed by atoms with Gasteiger partial charge in [0.05, 0.1) is 13.2 Å². The molecular weight excluding hydrogens is 312 g/mol. The van der Waals surface area contributed by atoms with Gasteiger partial charge in [-0.2, -0.15) is 0 Å². The maximum atomic E-state index is 12.3. The zero-order chi connectivity index (χ0) is 16.3. The van der Waals surface area contributed by atoms with Gasteiger partial charge in [-0.15, -0.1) is 0 Å². The fourth-order valence-electron chi connectivity index (χ4n) is 4.47. The highest BCUT2D eigenvalue weighted by molar-refractivity contribution is 5.92. The van der Waals surface area contributed by atoms with Crippen molar-refractivity contribution in [2.45, 2.75) is 31.7 Å². The number of allylic oxidation sites excluding steroid dienone is 2. The lowest BCUT2D eigenvalue weighted by atomic mass is 9.81. The van der Waals surface area contributed by atoms with Crippen molar-refractivity contribution in [1.82, 2.24) is 0 Å². The minimum atomic E-state index is -0.370. The number of carbonyl (C=O) groups excluding carboxylic acids is 2. The number of ether oxygens (including phenoxy) is 4. The van der Waals surface area contributed by atoms with E-state index >= 15 is 0 Å². The summed E-state index contributed by atoms with van der Waals surface area (Å²) in [7, 11) is 0. The first-order chi connectivity index (χ1) is 11.7. The molecule has 3 aliphatic carbocycles. The van der Waals surface area contributed by atoms with Gasteiger partial charge in [-0.3, -0.25) is 0 Å². The summed E-state index contributed by atoms with van der Waals surface area (Å²) in [5, 5.41) is 0. The molecule has 2 aliphatic heterocycles. The predicted molar refractivity (Wildman–Crippen MR) is 80.5 cm³/mol. The third-order valence-corrected chi connectivity index (χ3v) is 5.87. The van der Waals surface area contributed by atoms with Crippen LogP contribution in [0.2, 0.25) is 0 Å². The van der Waals surface area contributed by atoms with Crippen LogP contribution in [-0.2, 0) is 28.5 Å². The minimum Gasteiger partial charge on any atom is -0.459 e. The van der Waals surface area contributed by atoms with Crippen LogP contribution in [0.1, 0.15) is 19.3 Å². The van der Waals surface area contributed by atoms with Crippen LogP contribution in [0.25, 0.3) is 0 Å². The summed E-state index contributed by atoms with van der Waals surface area (Å²) in [6, 6.07) is 0. The van der Waals surface area contributed by atoms with Crippen molar-refractivity contribution in [3.63, 3.8) is 0 Å². The number of epoxide rings is 1. The Hall–Kier alpha value is -1.66. The molecule has 0 aromatic carbocycles. The number of carbonyl (C=O) groups is 2. The largest absolute Gasteiger partial charge is 0.459 e. The molecule has 0 aromatic rings. The van der Waals surface area contributed by atoms with Gasteiger partial charge in [-0.05, 0) is 36.5 Å². The molecule has 6 nitrogen and oxygen atoms in total. The molecule has 5 aliphatic rings. The maximum absolute atomic E-state index is 12.3. The first-order valence-corrected chi connectivity index (χ1v) is 8.73. The van der Waals surface area contributed by atoms with Crippen LogP contribution in [0.4, 0.5) is 0 Å². The highest BCUT2D eigenvalue weighted by Gasteiger charge is 2.52. The Kier molecular flexibility index (Phi) is 3.31. The predicted octanol–water partition coefficient (Wildman–Crippen LogP) is 1.36. The van der Waals surface area contributed by atoms with Crippen molar-refractivity contribution in [1.29, 1.82) is 0 Å². The van der Waals surface area contributed by atoms with Gasteiger partial charge in [0, 0.05) is 17.6 Å². The molecule has 1 saturated carbocycles. The van der Waals surface area contributed by atoms with Gasteiger partial charge in [-0.1, -0.05) is 12.2 Å². The van der Waals surface area contributed by atoms with Crippen molar-refractivity contribution < 1.29 is 28.5 Å². The molecule has 0 spiro atoms. The summed E-state index contributed by atoms with van der Waals surface area (Å²) < 4.78 is 20.9. The number of hydrogen-bond acceptors (Lipinski definition) is 6. The normalized spacial score (nSPS) is 41.2. The van der Waals surface area contributed by atoms with Crippen molar-refractivity contribution in [2.75, 3.05) is 19.8 Å². The molecule has 3 fully saturated rings. The van der Waals surface area contributed by atoms with E-state index in [2.05, 4.69) is 12.2 Å². The van der Waals surface area contributed by atoms with Crippen molar-refractivity contribution in [3.8, 4) is 0 Å². The third-order valence-electron chi connectivity index (χ3n) is 5.87. The van der Waals surface area contributed by atoms with Gasteiger partial charge in [0.2, 0.25) is 6.29 Å². The average molecular weight is 332 g/mol. The molecule has 24 heavy (non-hydrogen) atoms. The van der Waals surface area contributed by atoms with E-state index in [0.29, 0.717) is 44.0 Å². The van der Waals surface area contributed by atoms with Crippen LogP contribution in [0.3, 0.4) is 0 Å². The van der Waals surface area contributed by atoms with E-state index in [1.54, 1.807) is 0 Å². The van der Waals surface area contributed by atoms with Gasteiger partial charge >= 0.3 is 11.9 Å². The number of esters is 2. The zero-order valence-electron chi connectivity index (χ0n) is 13.3. The molecule has 128 valence electrons. The molecule has 6 atom stereocenters. The Labute approximate surface area is 139 Å². The highest BCUT2D eigenvalue weighted by atomic mass is 16.7. The average Bonchev–Trinajstić information content (AvgIpc) is 2.96. The quantitative estimate of drug-likeness (QED) is 0.559. The molecule has 2 saturated heterocycles. The number of fused-ring (bicyclic) bond motifs is 5. The number of rotatable bonds is 5. The third kappa shape index (κ3) is 2.40. The summed E-state index contributed by atoms with van der Waals surface area (Å²) in [4.78, 5) is 24.5. The van der Waals surface area contributed by atoms with E-state index in [-0.39, 0.29) is 30.3 Å². The standard InChI is InChI=1S/C18H20O6/c19-17(23-8-11-7-22-11)10-5-12-9-3-14(13(12)6-10)15(4-9)18(20)24-16-1-2-21-16/h4-5,9,11-14,16H,1-3,6-8H2. The summed E-state index contributed by atoms with van der Waals surface area (Å²) in [6.45, 7) is 1.69. The van der Waals surface area contributed by atoms with Crippen LogP contribution in [0.15, 0.2) is 23.3 Å². The second-order valence-corrected chi connectivity index (χ2v) is 7.31. The van der Waals surface area contributed by atoms with E-state index in [0.717, 1.165) is 24.0 Å². The molecular formula is C18H20O6. The van der Waals surface area contributed by atoms with Gasteiger partial charge in [0.15, 0.2) is 0 Å². The zero-order valence-corrected chi connectivity index (χ0v) is 13.3. The maximum Gasteiger partial charge on any atom is 0.336 e. The second kappa shape index (κ2) is 5.43. The van der Waals surface area contributed by atoms with Crippen LogP contribution in [0.5, 0.6) is 0 Å². The first-order valence-electron chi connectivity index (χ1n) is 8.73. The SMILES string of the molecule is O=C(OCC1CO1)C1=CC2C3C=C(C(=O)OC4CCO4)C(C3)C2C1. The Morgan fingerprint density at radius 2 is 2.04 bits per heavy atom. The number of hydrogen-bond donors (Lipinski definition) is 0. The van der Waals surface area contributed by atoms with Crippen LogP contribution < -0.4 is 0 Å². The minimum absolute atomic E-state index is 0.0865. The Morgan fingerprint density at radius 3 is 2.75 bits per heavy atom. The fourth-order valence-corrected chi connectivity index (χ4v) is 4.47. The summed E-state index contributed by atoms with van der Waals surface area (Å²) >= 11 is 0. The van der Waals surface area contributed by atoms with Crippen LogP contribution in [-0.4, -0.2) is 44.2 Å². The van der Waals surface area contributed by atoms with Crippen molar-refractivity contribution in [3.05, 3.63) is 23.3 Å². The smallest absolute Gasteiger partial charge is 0.336 e. The van der Waals surface area contributed by atoms with E-state index in [4.69, 9.17) is 18.9 Å². The van der Waals surface area contributed by atoms with E-state index < -0.39 is 0 Å². The Bertz CT molecular complexity index is 642. The molecule has 0 amide bonds. The molecule has 0 aromatic heterocycles.